The second kappa shape index (κ2) is 4.96. The first-order valence-electron chi connectivity index (χ1n) is 5.93. The molecule has 1 aromatic rings. The molecule has 1 N–H and O–H groups in total. The van der Waals surface area contributed by atoms with Gasteiger partial charge in [0, 0.05) is 17.6 Å². The standard InChI is InChI=1S/C13H16ClNO2/c1-2-10-4-3-7-15(10)12-8-9(14)5-6-11(12)13(16)17/h5-6,8,10H,2-4,7H2,1H3,(H,16,17). The molecule has 0 amide bonds. The molecule has 0 spiro atoms. The lowest BCUT2D eigenvalue weighted by Crippen LogP contribution is -2.29. The molecule has 1 aliphatic rings. The van der Waals surface area contributed by atoms with E-state index in [0.717, 1.165) is 31.5 Å². The van der Waals surface area contributed by atoms with Crippen molar-refractivity contribution in [1.29, 1.82) is 0 Å². The number of aromatic carboxylic acids is 1. The number of nitrogens with zero attached hydrogens (tertiary/aromatic N) is 1. The summed E-state index contributed by atoms with van der Waals surface area (Å²) >= 11 is 5.97. The first-order valence-corrected chi connectivity index (χ1v) is 6.30. The van der Waals surface area contributed by atoms with Crippen LogP contribution in [0.1, 0.15) is 36.5 Å². The molecule has 17 heavy (non-hydrogen) atoms. The van der Waals surface area contributed by atoms with Crippen LogP contribution in [-0.2, 0) is 0 Å². The van der Waals surface area contributed by atoms with Crippen LogP contribution in [0.4, 0.5) is 5.69 Å². The number of rotatable bonds is 3. The Labute approximate surface area is 106 Å². The van der Waals surface area contributed by atoms with Crippen LogP contribution in [-0.4, -0.2) is 23.7 Å². The van der Waals surface area contributed by atoms with Gasteiger partial charge >= 0.3 is 5.97 Å². The average molecular weight is 254 g/mol. The third kappa shape index (κ3) is 2.39. The maximum atomic E-state index is 11.2. The number of carboxylic acids is 1. The Morgan fingerprint density at radius 2 is 2.35 bits per heavy atom. The van der Waals surface area contributed by atoms with E-state index < -0.39 is 5.97 Å². The molecule has 0 saturated carbocycles. The first kappa shape index (κ1) is 12.2. The van der Waals surface area contributed by atoms with Crippen LogP contribution in [0, 0.1) is 0 Å². The summed E-state index contributed by atoms with van der Waals surface area (Å²) in [4.78, 5) is 13.4. The van der Waals surface area contributed by atoms with Crippen molar-refractivity contribution in [2.75, 3.05) is 11.4 Å². The summed E-state index contributed by atoms with van der Waals surface area (Å²) in [6, 6.07) is 5.42. The highest BCUT2D eigenvalue weighted by Gasteiger charge is 2.26. The predicted molar refractivity (Wildman–Crippen MR) is 69.1 cm³/mol. The van der Waals surface area contributed by atoms with E-state index in [1.165, 1.54) is 0 Å². The number of benzene rings is 1. The number of carboxylic acid groups (broad SMARTS) is 1. The van der Waals surface area contributed by atoms with Gasteiger partial charge in [0.05, 0.1) is 11.3 Å². The van der Waals surface area contributed by atoms with Crippen molar-refractivity contribution in [3.63, 3.8) is 0 Å². The normalized spacial score (nSPS) is 19.6. The van der Waals surface area contributed by atoms with Crippen LogP contribution in [0.25, 0.3) is 0 Å². The van der Waals surface area contributed by atoms with Crippen LogP contribution in [0.5, 0.6) is 0 Å². The van der Waals surface area contributed by atoms with E-state index in [9.17, 15) is 9.90 Å². The van der Waals surface area contributed by atoms with E-state index >= 15 is 0 Å². The minimum Gasteiger partial charge on any atom is -0.478 e. The molecule has 0 aromatic heterocycles. The molecule has 92 valence electrons. The maximum Gasteiger partial charge on any atom is 0.337 e. The zero-order chi connectivity index (χ0) is 12.4. The lowest BCUT2D eigenvalue weighted by atomic mass is 10.1. The van der Waals surface area contributed by atoms with E-state index in [-0.39, 0.29) is 0 Å². The van der Waals surface area contributed by atoms with Crippen molar-refractivity contribution in [2.45, 2.75) is 32.2 Å². The molecule has 1 aliphatic heterocycles. The highest BCUT2D eigenvalue weighted by atomic mass is 35.5. The molecular formula is C13H16ClNO2. The lowest BCUT2D eigenvalue weighted by molar-refractivity contribution is 0.0697. The second-order valence-corrected chi connectivity index (χ2v) is 4.80. The molecule has 1 saturated heterocycles. The summed E-state index contributed by atoms with van der Waals surface area (Å²) in [5.74, 6) is -0.890. The van der Waals surface area contributed by atoms with Crippen molar-refractivity contribution in [1.82, 2.24) is 0 Å². The van der Waals surface area contributed by atoms with Crippen molar-refractivity contribution in [3.05, 3.63) is 28.8 Å². The Kier molecular flexibility index (Phi) is 3.57. The number of hydrogen-bond acceptors (Lipinski definition) is 2. The molecule has 1 heterocycles. The quantitative estimate of drug-likeness (QED) is 0.897. The Bertz CT molecular complexity index is 433. The van der Waals surface area contributed by atoms with Crippen LogP contribution in [0.3, 0.4) is 0 Å². The van der Waals surface area contributed by atoms with Gasteiger partial charge in [-0.25, -0.2) is 4.79 Å². The summed E-state index contributed by atoms with van der Waals surface area (Å²) < 4.78 is 0. The largest absolute Gasteiger partial charge is 0.478 e. The van der Waals surface area contributed by atoms with Gasteiger partial charge in [0.1, 0.15) is 0 Å². The fourth-order valence-corrected chi connectivity index (χ4v) is 2.67. The Morgan fingerprint density at radius 3 is 3.00 bits per heavy atom. The van der Waals surface area contributed by atoms with Gasteiger partial charge in [-0.15, -0.1) is 0 Å². The number of carbonyl (C=O) groups is 1. The zero-order valence-corrected chi connectivity index (χ0v) is 10.6. The van der Waals surface area contributed by atoms with Gasteiger partial charge in [-0.2, -0.15) is 0 Å². The van der Waals surface area contributed by atoms with Gasteiger partial charge in [0.25, 0.3) is 0 Å². The molecule has 2 rings (SSSR count). The van der Waals surface area contributed by atoms with Gasteiger partial charge in [0.15, 0.2) is 0 Å². The Hall–Kier alpha value is -1.22. The number of hydrogen-bond donors (Lipinski definition) is 1. The van der Waals surface area contributed by atoms with Crippen molar-refractivity contribution in [3.8, 4) is 0 Å². The fourth-order valence-electron chi connectivity index (χ4n) is 2.50. The van der Waals surface area contributed by atoms with Crippen LogP contribution in [0.2, 0.25) is 5.02 Å². The van der Waals surface area contributed by atoms with Gasteiger partial charge in [0.2, 0.25) is 0 Å². The Morgan fingerprint density at radius 1 is 1.59 bits per heavy atom. The van der Waals surface area contributed by atoms with Gasteiger partial charge in [-0.1, -0.05) is 18.5 Å². The Balaban J connectivity index is 2.42. The molecule has 1 atom stereocenters. The molecule has 4 heteroatoms. The minimum atomic E-state index is -0.890. The minimum absolute atomic E-state index is 0.342. The summed E-state index contributed by atoms with van der Waals surface area (Å²) in [5, 5.41) is 9.80. The van der Waals surface area contributed by atoms with Crippen LogP contribution < -0.4 is 4.90 Å². The third-order valence-corrected chi connectivity index (χ3v) is 3.58. The third-order valence-electron chi connectivity index (χ3n) is 3.35. The summed E-state index contributed by atoms with van der Waals surface area (Å²) in [6.45, 7) is 3.05. The fraction of sp³-hybridized carbons (Fsp3) is 0.462. The molecule has 0 bridgehead atoms. The van der Waals surface area contributed by atoms with E-state index in [0.29, 0.717) is 16.6 Å². The molecule has 1 aromatic carbocycles. The van der Waals surface area contributed by atoms with E-state index in [2.05, 4.69) is 11.8 Å². The number of anilines is 1. The summed E-state index contributed by atoms with van der Waals surface area (Å²) in [7, 11) is 0. The van der Waals surface area contributed by atoms with Crippen LogP contribution >= 0.6 is 11.6 Å². The van der Waals surface area contributed by atoms with Crippen LogP contribution in [0.15, 0.2) is 18.2 Å². The topological polar surface area (TPSA) is 40.5 Å². The second-order valence-electron chi connectivity index (χ2n) is 4.36. The van der Waals surface area contributed by atoms with Gasteiger partial charge < -0.3 is 10.0 Å². The first-order chi connectivity index (χ1) is 8.13. The predicted octanol–water partition coefficient (Wildman–Crippen LogP) is 3.42. The summed E-state index contributed by atoms with van der Waals surface area (Å²) in [5.41, 5.74) is 1.10. The SMILES string of the molecule is CCC1CCCN1c1cc(Cl)ccc1C(=O)O. The van der Waals surface area contributed by atoms with E-state index in [1.54, 1.807) is 18.2 Å². The van der Waals surface area contributed by atoms with E-state index in [4.69, 9.17) is 11.6 Å². The molecule has 1 fully saturated rings. The molecular weight excluding hydrogens is 238 g/mol. The van der Waals surface area contributed by atoms with Gasteiger partial charge in [-0.05, 0) is 37.5 Å². The highest BCUT2D eigenvalue weighted by molar-refractivity contribution is 6.31. The number of halogens is 1. The molecule has 0 radical (unpaired) electrons. The monoisotopic (exact) mass is 253 g/mol. The van der Waals surface area contributed by atoms with Crippen molar-refractivity contribution in [2.24, 2.45) is 0 Å². The lowest BCUT2D eigenvalue weighted by Gasteiger charge is -2.27. The average Bonchev–Trinajstić information content (AvgIpc) is 2.76. The highest BCUT2D eigenvalue weighted by Crippen LogP contribution is 2.32. The summed E-state index contributed by atoms with van der Waals surface area (Å²) in [6.07, 6.45) is 3.28. The maximum absolute atomic E-state index is 11.2. The van der Waals surface area contributed by atoms with Crippen molar-refractivity contribution >= 4 is 23.3 Å². The molecule has 3 nitrogen and oxygen atoms in total. The molecule has 1 unspecified atom stereocenters. The van der Waals surface area contributed by atoms with Gasteiger partial charge in [-0.3, -0.25) is 0 Å². The molecule has 0 aliphatic carbocycles. The van der Waals surface area contributed by atoms with Crippen molar-refractivity contribution < 1.29 is 9.90 Å². The smallest absolute Gasteiger partial charge is 0.337 e. The zero-order valence-electron chi connectivity index (χ0n) is 9.82. The van der Waals surface area contributed by atoms with E-state index in [1.807, 2.05) is 0 Å².